The molecule has 2 saturated carbocycles. The highest BCUT2D eigenvalue weighted by Gasteiger charge is 2.37. The van der Waals surface area contributed by atoms with Crippen molar-refractivity contribution < 1.29 is 4.79 Å². The maximum atomic E-state index is 12.5. The first-order valence-corrected chi connectivity index (χ1v) is 9.80. The van der Waals surface area contributed by atoms with Gasteiger partial charge in [0.1, 0.15) is 0 Å². The molecule has 1 aromatic rings. The quantitative estimate of drug-likeness (QED) is 0.863. The third-order valence-electron chi connectivity index (χ3n) is 6.00. The van der Waals surface area contributed by atoms with Crippen molar-refractivity contribution >= 4 is 17.3 Å². The lowest BCUT2D eigenvalue weighted by atomic mass is 9.98. The molecule has 0 bridgehead atoms. The van der Waals surface area contributed by atoms with Crippen molar-refractivity contribution in [3.05, 3.63) is 24.3 Å². The number of anilines is 2. The minimum atomic E-state index is -0.676. The molecule has 2 aliphatic carbocycles. The molecule has 0 radical (unpaired) electrons. The van der Waals surface area contributed by atoms with Gasteiger partial charge in [0.05, 0.1) is 5.54 Å². The van der Waals surface area contributed by atoms with Crippen molar-refractivity contribution in [1.29, 1.82) is 0 Å². The zero-order valence-corrected chi connectivity index (χ0v) is 15.0. The van der Waals surface area contributed by atoms with Crippen LogP contribution < -0.4 is 16.0 Å². The number of amides is 1. The predicted molar refractivity (Wildman–Crippen MR) is 102 cm³/mol. The molecule has 1 heterocycles. The molecule has 1 saturated heterocycles. The van der Waals surface area contributed by atoms with E-state index in [1.54, 1.807) is 0 Å². The lowest BCUT2D eigenvalue weighted by Crippen LogP contribution is -2.48. The van der Waals surface area contributed by atoms with Crippen LogP contribution in [0.3, 0.4) is 0 Å². The summed E-state index contributed by atoms with van der Waals surface area (Å²) in [5, 5.41) is 3.05. The Kier molecular flexibility index (Phi) is 4.69. The molecule has 0 spiro atoms. The summed E-state index contributed by atoms with van der Waals surface area (Å²) in [5.74, 6) is 0.931. The van der Waals surface area contributed by atoms with Crippen LogP contribution in [-0.4, -0.2) is 49.1 Å². The molecule has 1 amide bonds. The van der Waals surface area contributed by atoms with E-state index >= 15 is 0 Å². The topological polar surface area (TPSA) is 61.6 Å². The van der Waals surface area contributed by atoms with E-state index in [0.717, 1.165) is 63.5 Å². The Hall–Kier alpha value is -1.59. The third-order valence-corrected chi connectivity index (χ3v) is 6.00. The minimum Gasteiger partial charge on any atom is -0.369 e. The fourth-order valence-corrected chi connectivity index (χ4v) is 4.12. The van der Waals surface area contributed by atoms with Crippen LogP contribution in [0.1, 0.15) is 38.5 Å². The Morgan fingerprint density at radius 1 is 1.16 bits per heavy atom. The van der Waals surface area contributed by atoms with Crippen molar-refractivity contribution in [2.24, 2.45) is 11.7 Å². The summed E-state index contributed by atoms with van der Waals surface area (Å²) < 4.78 is 0. The monoisotopic (exact) mass is 342 g/mol. The van der Waals surface area contributed by atoms with Gasteiger partial charge in [-0.2, -0.15) is 0 Å². The van der Waals surface area contributed by atoms with Crippen LogP contribution in [0.2, 0.25) is 0 Å². The zero-order valence-electron chi connectivity index (χ0n) is 15.0. The minimum absolute atomic E-state index is 0.0311. The molecule has 3 fully saturated rings. The average molecular weight is 342 g/mol. The molecule has 136 valence electrons. The second-order valence-electron chi connectivity index (χ2n) is 8.10. The second-order valence-corrected chi connectivity index (χ2v) is 8.10. The molecule has 5 heteroatoms. The number of nitrogens with zero attached hydrogens (tertiary/aromatic N) is 2. The number of piperazine rings is 1. The van der Waals surface area contributed by atoms with Gasteiger partial charge in [0.25, 0.3) is 0 Å². The largest absolute Gasteiger partial charge is 0.369 e. The highest BCUT2D eigenvalue weighted by molar-refractivity contribution is 5.98. The molecule has 0 unspecified atom stereocenters. The molecule has 4 rings (SSSR count). The third kappa shape index (κ3) is 3.98. The van der Waals surface area contributed by atoms with Crippen LogP contribution in [0, 0.1) is 5.92 Å². The van der Waals surface area contributed by atoms with Crippen molar-refractivity contribution in [2.75, 3.05) is 42.9 Å². The number of carbonyl (C=O) groups is 1. The number of rotatable bonds is 5. The molecular formula is C20H30N4O. The van der Waals surface area contributed by atoms with Crippen molar-refractivity contribution in [3.8, 4) is 0 Å². The highest BCUT2D eigenvalue weighted by Crippen LogP contribution is 2.31. The van der Waals surface area contributed by atoms with E-state index in [2.05, 4.69) is 27.2 Å². The van der Waals surface area contributed by atoms with Gasteiger partial charge in [-0.15, -0.1) is 0 Å². The molecule has 3 N–H and O–H groups in total. The Morgan fingerprint density at radius 2 is 1.88 bits per heavy atom. The van der Waals surface area contributed by atoms with Gasteiger partial charge >= 0.3 is 0 Å². The summed E-state index contributed by atoms with van der Waals surface area (Å²) in [4.78, 5) is 17.5. The molecular weight excluding hydrogens is 312 g/mol. The predicted octanol–water partition coefficient (Wildman–Crippen LogP) is 2.43. The molecule has 25 heavy (non-hydrogen) atoms. The second kappa shape index (κ2) is 6.96. The standard InChI is InChI=1S/C20H30N4O/c21-20(8-1-2-9-20)19(25)22-17-4-3-5-18(14-17)24-12-10-23(11-13-24)15-16-6-7-16/h3-5,14,16H,1-2,6-13,15,21H2,(H,22,25). The van der Waals surface area contributed by atoms with E-state index in [9.17, 15) is 4.79 Å². The molecule has 1 aromatic carbocycles. The van der Waals surface area contributed by atoms with E-state index in [4.69, 9.17) is 5.73 Å². The zero-order chi connectivity index (χ0) is 17.3. The Bertz CT molecular complexity index is 614. The average Bonchev–Trinajstić information content (AvgIpc) is 3.33. The van der Waals surface area contributed by atoms with Gasteiger partial charge in [-0.25, -0.2) is 0 Å². The number of nitrogens with two attached hydrogens (primary N) is 1. The van der Waals surface area contributed by atoms with Gasteiger partial charge in [-0.05, 0) is 49.8 Å². The maximum absolute atomic E-state index is 12.5. The molecule has 5 nitrogen and oxygen atoms in total. The van der Waals surface area contributed by atoms with Crippen LogP contribution in [0.25, 0.3) is 0 Å². The van der Waals surface area contributed by atoms with Gasteiger partial charge < -0.3 is 16.0 Å². The van der Waals surface area contributed by atoms with E-state index in [1.165, 1.54) is 25.1 Å². The summed E-state index contributed by atoms with van der Waals surface area (Å²) in [6.45, 7) is 5.68. The number of hydrogen-bond acceptors (Lipinski definition) is 4. The van der Waals surface area contributed by atoms with Crippen LogP contribution in [0.5, 0.6) is 0 Å². The van der Waals surface area contributed by atoms with E-state index in [1.807, 2.05) is 12.1 Å². The van der Waals surface area contributed by atoms with E-state index in [0.29, 0.717) is 0 Å². The van der Waals surface area contributed by atoms with Crippen LogP contribution >= 0.6 is 0 Å². The Labute approximate surface area is 150 Å². The van der Waals surface area contributed by atoms with Crippen LogP contribution in [0.15, 0.2) is 24.3 Å². The maximum Gasteiger partial charge on any atom is 0.244 e. The summed E-state index contributed by atoms with van der Waals surface area (Å²) in [5.41, 5.74) is 7.64. The van der Waals surface area contributed by atoms with Crippen LogP contribution in [-0.2, 0) is 4.79 Å². The van der Waals surface area contributed by atoms with Crippen LogP contribution in [0.4, 0.5) is 11.4 Å². The lowest BCUT2D eigenvalue weighted by molar-refractivity contribution is -0.121. The molecule has 0 atom stereocenters. The Balaban J connectivity index is 1.35. The van der Waals surface area contributed by atoms with Crippen molar-refractivity contribution in [2.45, 2.75) is 44.1 Å². The van der Waals surface area contributed by atoms with Gasteiger partial charge in [-0.1, -0.05) is 18.9 Å². The summed E-state index contributed by atoms with van der Waals surface area (Å²) in [6, 6.07) is 8.22. The summed E-state index contributed by atoms with van der Waals surface area (Å²) in [7, 11) is 0. The molecule has 0 aromatic heterocycles. The highest BCUT2D eigenvalue weighted by atomic mass is 16.2. The normalized spacial score (nSPS) is 23.6. The van der Waals surface area contributed by atoms with Gasteiger partial charge in [0, 0.05) is 44.1 Å². The smallest absolute Gasteiger partial charge is 0.244 e. The fraction of sp³-hybridized carbons (Fsp3) is 0.650. The number of hydrogen-bond donors (Lipinski definition) is 2. The molecule has 1 aliphatic heterocycles. The van der Waals surface area contributed by atoms with Gasteiger partial charge in [0.15, 0.2) is 0 Å². The van der Waals surface area contributed by atoms with E-state index < -0.39 is 5.54 Å². The summed E-state index contributed by atoms with van der Waals surface area (Å²) in [6.07, 6.45) is 6.53. The first kappa shape index (κ1) is 16.9. The Morgan fingerprint density at radius 3 is 2.56 bits per heavy atom. The first-order valence-electron chi connectivity index (χ1n) is 9.80. The fourth-order valence-electron chi connectivity index (χ4n) is 4.12. The van der Waals surface area contributed by atoms with E-state index in [-0.39, 0.29) is 5.91 Å². The SMILES string of the molecule is NC1(C(=O)Nc2cccc(N3CCN(CC4CC4)CC3)c2)CCCC1. The van der Waals surface area contributed by atoms with Gasteiger partial charge in [0.2, 0.25) is 5.91 Å². The first-order chi connectivity index (χ1) is 12.1. The number of benzene rings is 1. The number of carbonyl (C=O) groups excluding carboxylic acids is 1. The number of nitrogens with one attached hydrogen (secondary N) is 1. The summed E-state index contributed by atoms with van der Waals surface area (Å²) >= 11 is 0. The molecule has 3 aliphatic rings. The lowest BCUT2D eigenvalue weighted by Gasteiger charge is -2.36. The van der Waals surface area contributed by atoms with Gasteiger partial charge in [-0.3, -0.25) is 9.69 Å². The van der Waals surface area contributed by atoms with Crippen molar-refractivity contribution in [1.82, 2.24) is 4.90 Å². The van der Waals surface area contributed by atoms with Crippen molar-refractivity contribution in [3.63, 3.8) is 0 Å².